The standard InChI is InChI=1S/C21H24N4O/c1-15-6-2-3-7-18(15)22-21(26)17-12-10-16(11-13-17)14-25-20-9-5-4-8-19(20)23-24-25/h4-5,8-13,15,18H,2-3,6-7,14H2,1H3,(H,22,26)/t15-,18+/m0/s1. The van der Waals surface area contributed by atoms with E-state index < -0.39 is 0 Å². The van der Waals surface area contributed by atoms with E-state index in [1.54, 1.807) is 0 Å². The van der Waals surface area contributed by atoms with E-state index in [1.165, 1.54) is 19.3 Å². The molecule has 1 saturated carbocycles. The van der Waals surface area contributed by atoms with Gasteiger partial charge in [0.25, 0.3) is 5.91 Å². The highest BCUT2D eigenvalue weighted by Crippen LogP contribution is 2.24. The summed E-state index contributed by atoms with van der Waals surface area (Å²) in [5, 5.41) is 11.6. The Labute approximate surface area is 153 Å². The second-order valence-corrected chi connectivity index (χ2v) is 7.27. The van der Waals surface area contributed by atoms with Gasteiger partial charge in [-0.05, 0) is 48.6 Å². The van der Waals surface area contributed by atoms with Crippen molar-refractivity contribution < 1.29 is 4.79 Å². The summed E-state index contributed by atoms with van der Waals surface area (Å²) in [7, 11) is 0. The van der Waals surface area contributed by atoms with Crippen molar-refractivity contribution in [2.75, 3.05) is 0 Å². The third kappa shape index (κ3) is 3.47. The van der Waals surface area contributed by atoms with Crippen molar-refractivity contribution in [1.82, 2.24) is 20.3 Å². The number of hydrogen-bond acceptors (Lipinski definition) is 3. The molecular weight excluding hydrogens is 324 g/mol. The summed E-state index contributed by atoms with van der Waals surface area (Å²) in [5.74, 6) is 0.592. The molecule has 2 atom stereocenters. The molecule has 4 rings (SSSR count). The molecule has 1 amide bonds. The number of hydrogen-bond donors (Lipinski definition) is 1. The summed E-state index contributed by atoms with van der Waals surface area (Å²) < 4.78 is 1.88. The largest absolute Gasteiger partial charge is 0.349 e. The summed E-state index contributed by atoms with van der Waals surface area (Å²) in [6.07, 6.45) is 4.78. The SMILES string of the molecule is C[C@H]1CCCC[C@H]1NC(=O)c1ccc(Cn2nnc3ccccc32)cc1. The minimum Gasteiger partial charge on any atom is -0.349 e. The van der Waals surface area contributed by atoms with E-state index in [-0.39, 0.29) is 5.91 Å². The van der Waals surface area contributed by atoms with Crippen molar-refractivity contribution in [3.63, 3.8) is 0 Å². The maximum absolute atomic E-state index is 12.5. The molecule has 0 radical (unpaired) electrons. The van der Waals surface area contributed by atoms with Crippen LogP contribution in [0.25, 0.3) is 11.0 Å². The Balaban J connectivity index is 1.44. The zero-order valence-corrected chi connectivity index (χ0v) is 15.1. The molecule has 1 aliphatic carbocycles. The van der Waals surface area contributed by atoms with E-state index in [4.69, 9.17) is 0 Å². The molecule has 5 nitrogen and oxygen atoms in total. The Bertz CT molecular complexity index is 900. The molecule has 5 heteroatoms. The lowest BCUT2D eigenvalue weighted by molar-refractivity contribution is 0.0910. The number of nitrogens with zero attached hydrogens (tertiary/aromatic N) is 3. The van der Waals surface area contributed by atoms with Crippen molar-refractivity contribution >= 4 is 16.9 Å². The van der Waals surface area contributed by atoms with Crippen LogP contribution in [0, 0.1) is 5.92 Å². The van der Waals surface area contributed by atoms with Crippen LogP contribution in [0.15, 0.2) is 48.5 Å². The molecule has 134 valence electrons. The number of rotatable bonds is 4. The van der Waals surface area contributed by atoms with Crippen LogP contribution in [0.5, 0.6) is 0 Å². The molecular formula is C21H24N4O. The molecule has 26 heavy (non-hydrogen) atoms. The number of carbonyl (C=O) groups is 1. The minimum atomic E-state index is 0.0292. The van der Waals surface area contributed by atoms with Gasteiger partial charge in [0, 0.05) is 11.6 Å². The summed E-state index contributed by atoms with van der Waals surface area (Å²) in [6.45, 7) is 2.87. The molecule has 1 fully saturated rings. The first-order valence-corrected chi connectivity index (χ1v) is 9.39. The fourth-order valence-corrected chi connectivity index (χ4v) is 3.75. The van der Waals surface area contributed by atoms with Gasteiger partial charge in [0.2, 0.25) is 0 Å². The van der Waals surface area contributed by atoms with Crippen LogP contribution >= 0.6 is 0 Å². The van der Waals surface area contributed by atoms with E-state index >= 15 is 0 Å². The van der Waals surface area contributed by atoms with Gasteiger partial charge in [-0.15, -0.1) is 5.10 Å². The molecule has 2 aromatic carbocycles. The van der Waals surface area contributed by atoms with Gasteiger partial charge in [-0.25, -0.2) is 4.68 Å². The van der Waals surface area contributed by atoms with Gasteiger partial charge in [0.05, 0.1) is 12.1 Å². The monoisotopic (exact) mass is 348 g/mol. The van der Waals surface area contributed by atoms with Crippen molar-refractivity contribution in [3.05, 3.63) is 59.7 Å². The van der Waals surface area contributed by atoms with Gasteiger partial charge in [-0.3, -0.25) is 4.79 Å². The summed E-state index contributed by atoms with van der Waals surface area (Å²) >= 11 is 0. The lowest BCUT2D eigenvalue weighted by atomic mass is 9.86. The lowest BCUT2D eigenvalue weighted by Gasteiger charge is -2.29. The predicted octanol–water partition coefficient (Wildman–Crippen LogP) is 3.79. The molecule has 1 heterocycles. The van der Waals surface area contributed by atoms with E-state index in [1.807, 2.05) is 53.2 Å². The molecule has 1 N–H and O–H groups in total. The molecule has 3 aromatic rings. The van der Waals surface area contributed by atoms with Gasteiger partial charge < -0.3 is 5.32 Å². The summed E-state index contributed by atoms with van der Waals surface area (Å²) in [5.41, 5.74) is 3.73. The lowest BCUT2D eigenvalue weighted by Crippen LogP contribution is -2.41. The van der Waals surface area contributed by atoms with Gasteiger partial charge >= 0.3 is 0 Å². The maximum Gasteiger partial charge on any atom is 0.251 e. The molecule has 0 bridgehead atoms. The smallest absolute Gasteiger partial charge is 0.251 e. The number of benzene rings is 2. The van der Waals surface area contributed by atoms with Gasteiger partial charge in [-0.2, -0.15) is 0 Å². The van der Waals surface area contributed by atoms with E-state index in [0.717, 1.165) is 28.6 Å². The number of carbonyl (C=O) groups excluding carboxylic acids is 1. The van der Waals surface area contributed by atoms with Crippen molar-refractivity contribution in [2.45, 2.75) is 45.2 Å². The molecule has 0 unspecified atom stereocenters. The zero-order chi connectivity index (χ0) is 17.9. The fraction of sp³-hybridized carbons (Fsp3) is 0.381. The molecule has 0 aliphatic heterocycles. The van der Waals surface area contributed by atoms with Gasteiger partial charge in [-0.1, -0.05) is 49.2 Å². The highest BCUT2D eigenvalue weighted by atomic mass is 16.1. The average molecular weight is 348 g/mol. The quantitative estimate of drug-likeness (QED) is 0.780. The Morgan fingerprint density at radius 3 is 2.69 bits per heavy atom. The highest BCUT2D eigenvalue weighted by molar-refractivity contribution is 5.94. The van der Waals surface area contributed by atoms with E-state index in [2.05, 4.69) is 22.6 Å². The summed E-state index contributed by atoms with van der Waals surface area (Å²) in [4.78, 5) is 12.5. The Kier molecular flexibility index (Phi) is 4.69. The van der Waals surface area contributed by atoms with Crippen LogP contribution in [-0.2, 0) is 6.54 Å². The molecule has 1 aromatic heterocycles. The number of amides is 1. The first-order chi connectivity index (χ1) is 12.7. The number of aromatic nitrogens is 3. The van der Waals surface area contributed by atoms with Crippen LogP contribution in [-0.4, -0.2) is 26.9 Å². The summed E-state index contributed by atoms with van der Waals surface area (Å²) in [6, 6.07) is 16.0. The second-order valence-electron chi connectivity index (χ2n) is 7.27. The van der Waals surface area contributed by atoms with Crippen molar-refractivity contribution in [3.8, 4) is 0 Å². The first-order valence-electron chi connectivity index (χ1n) is 9.39. The number of fused-ring (bicyclic) bond motifs is 1. The van der Waals surface area contributed by atoms with E-state index in [9.17, 15) is 4.79 Å². The topological polar surface area (TPSA) is 59.8 Å². The normalized spacial score (nSPS) is 20.2. The molecule has 1 aliphatic rings. The average Bonchev–Trinajstić information content (AvgIpc) is 3.07. The molecule has 0 saturated heterocycles. The van der Waals surface area contributed by atoms with Gasteiger partial charge in [0.15, 0.2) is 0 Å². The zero-order valence-electron chi connectivity index (χ0n) is 15.1. The van der Waals surface area contributed by atoms with Crippen LogP contribution in [0.4, 0.5) is 0 Å². The number of para-hydroxylation sites is 1. The molecule has 0 spiro atoms. The third-order valence-corrected chi connectivity index (χ3v) is 5.40. The Morgan fingerprint density at radius 1 is 1.12 bits per heavy atom. The van der Waals surface area contributed by atoms with E-state index in [0.29, 0.717) is 18.5 Å². The van der Waals surface area contributed by atoms with Crippen LogP contribution in [0.3, 0.4) is 0 Å². The Morgan fingerprint density at radius 2 is 1.88 bits per heavy atom. The van der Waals surface area contributed by atoms with Crippen molar-refractivity contribution in [1.29, 1.82) is 0 Å². The fourth-order valence-electron chi connectivity index (χ4n) is 3.75. The van der Waals surface area contributed by atoms with Crippen LogP contribution in [0.2, 0.25) is 0 Å². The highest BCUT2D eigenvalue weighted by Gasteiger charge is 2.23. The van der Waals surface area contributed by atoms with Crippen molar-refractivity contribution in [2.24, 2.45) is 5.92 Å². The second kappa shape index (κ2) is 7.28. The Hall–Kier alpha value is -2.69. The minimum absolute atomic E-state index is 0.0292. The van der Waals surface area contributed by atoms with Crippen LogP contribution < -0.4 is 5.32 Å². The number of nitrogens with one attached hydrogen (secondary N) is 1. The predicted molar refractivity (Wildman–Crippen MR) is 102 cm³/mol. The third-order valence-electron chi connectivity index (χ3n) is 5.40. The van der Waals surface area contributed by atoms with Crippen LogP contribution in [0.1, 0.15) is 48.5 Å². The van der Waals surface area contributed by atoms with Gasteiger partial charge in [0.1, 0.15) is 5.52 Å². The maximum atomic E-state index is 12.5. The first kappa shape index (κ1) is 16.8.